The largest absolute Gasteiger partial charge is 0.311 e. The van der Waals surface area contributed by atoms with Crippen LogP contribution in [-0.2, 0) is 27.1 Å². The highest BCUT2D eigenvalue weighted by Gasteiger charge is 2.47. The van der Waals surface area contributed by atoms with Crippen LogP contribution in [0.3, 0.4) is 0 Å². The molecule has 6 aromatic rings. The predicted molar refractivity (Wildman–Crippen MR) is 254 cm³/mol. The Labute approximate surface area is 355 Å². The number of anilines is 6. The van der Waals surface area contributed by atoms with Gasteiger partial charge in [-0.15, -0.1) is 5.10 Å². The molecule has 5 aromatic carbocycles. The Hall–Kier alpha value is -5.10. The lowest BCUT2D eigenvalue weighted by molar-refractivity contribution is 0.568. The van der Waals surface area contributed by atoms with E-state index in [9.17, 15) is 0 Å². The van der Waals surface area contributed by atoms with Crippen LogP contribution in [0.4, 0.5) is 34.3 Å². The molecule has 2 aliphatic heterocycles. The lowest BCUT2D eigenvalue weighted by Gasteiger charge is -2.44. The van der Waals surface area contributed by atoms with Crippen molar-refractivity contribution in [1.82, 2.24) is 15.0 Å². The number of aromatic nitrogens is 3. The van der Waals surface area contributed by atoms with Crippen LogP contribution in [0, 0.1) is 6.92 Å². The highest BCUT2D eigenvalue weighted by Crippen LogP contribution is 2.47. The topological polar surface area (TPSA) is 37.2 Å². The minimum Gasteiger partial charge on any atom is -0.311 e. The molecule has 0 bridgehead atoms. The smallest absolute Gasteiger partial charge is 0.280 e. The van der Waals surface area contributed by atoms with E-state index in [2.05, 4.69) is 222 Å². The Bertz CT molecular complexity index is 2530. The summed E-state index contributed by atoms with van der Waals surface area (Å²) in [5, 5.41) is 10.3. The molecule has 0 amide bonds. The first-order valence-electron chi connectivity index (χ1n) is 21.5. The van der Waals surface area contributed by atoms with E-state index < -0.39 is 0 Å². The molecule has 0 saturated carbocycles. The van der Waals surface area contributed by atoms with Gasteiger partial charge in [0.2, 0.25) is 0 Å². The second-order valence-corrected chi connectivity index (χ2v) is 22.4. The zero-order chi connectivity index (χ0) is 42.8. The molecule has 0 fully saturated rings. The van der Waals surface area contributed by atoms with E-state index in [0.29, 0.717) is 0 Å². The van der Waals surface area contributed by atoms with Gasteiger partial charge in [0.05, 0.1) is 11.3 Å². The molecule has 0 spiro atoms. The van der Waals surface area contributed by atoms with E-state index in [4.69, 9.17) is 10.3 Å². The zero-order valence-electron chi connectivity index (χ0n) is 38.6. The highest BCUT2D eigenvalue weighted by atomic mass is 15.5. The Morgan fingerprint density at radius 2 is 0.898 bits per heavy atom. The summed E-state index contributed by atoms with van der Waals surface area (Å²) in [6.07, 6.45) is 0. The Balaban J connectivity index is 1.53. The molecule has 3 heterocycles. The van der Waals surface area contributed by atoms with Crippen LogP contribution < -0.4 is 26.3 Å². The summed E-state index contributed by atoms with van der Waals surface area (Å²) in [7, 11) is 0. The van der Waals surface area contributed by atoms with E-state index in [0.717, 1.165) is 22.8 Å². The van der Waals surface area contributed by atoms with Crippen LogP contribution in [0.15, 0.2) is 97.1 Å². The number of nitrogens with zero attached hydrogens (tertiary/aromatic N) is 5. The van der Waals surface area contributed by atoms with Gasteiger partial charge < -0.3 is 4.90 Å². The quantitative estimate of drug-likeness (QED) is 0.167. The molecule has 0 N–H and O–H groups in total. The number of benzene rings is 5. The first-order chi connectivity index (χ1) is 27.3. The fourth-order valence-corrected chi connectivity index (χ4v) is 8.74. The van der Waals surface area contributed by atoms with Crippen LogP contribution in [0.1, 0.15) is 137 Å². The molecular formula is C53H64BN5. The first-order valence-corrected chi connectivity index (χ1v) is 21.5. The lowest BCUT2D eigenvalue weighted by Crippen LogP contribution is -2.62. The van der Waals surface area contributed by atoms with Gasteiger partial charge in [-0.2, -0.15) is 4.68 Å². The molecule has 0 saturated heterocycles. The monoisotopic (exact) mass is 782 g/mol. The van der Waals surface area contributed by atoms with Gasteiger partial charge in [0, 0.05) is 28.4 Å². The third-order valence-corrected chi connectivity index (χ3v) is 12.5. The van der Waals surface area contributed by atoms with Crippen molar-refractivity contribution in [3.8, 4) is 5.69 Å². The average molecular weight is 782 g/mol. The summed E-state index contributed by atoms with van der Waals surface area (Å²) in [5.41, 5.74) is 17.9. The van der Waals surface area contributed by atoms with Gasteiger partial charge in [0.15, 0.2) is 5.82 Å². The molecule has 59 heavy (non-hydrogen) atoms. The summed E-state index contributed by atoms with van der Waals surface area (Å²) in [4.78, 5) is 5.05. The van der Waals surface area contributed by atoms with Crippen molar-refractivity contribution in [2.75, 3.05) is 9.80 Å². The maximum absolute atomic E-state index is 5.23. The Morgan fingerprint density at radius 1 is 0.441 bits per heavy atom. The number of aryl methyl sites for hydroxylation is 1. The summed E-state index contributed by atoms with van der Waals surface area (Å²) in [5.74, 6) is 0.987. The second kappa shape index (κ2) is 13.5. The molecule has 1 aromatic heterocycles. The normalized spacial score (nSPS) is 14.3. The third kappa shape index (κ3) is 7.11. The van der Waals surface area contributed by atoms with Gasteiger partial charge >= 0.3 is 0 Å². The minimum absolute atomic E-state index is 0.0379. The van der Waals surface area contributed by atoms with Gasteiger partial charge in [-0.1, -0.05) is 152 Å². The predicted octanol–water partition coefficient (Wildman–Crippen LogP) is 12.1. The second-order valence-electron chi connectivity index (χ2n) is 22.4. The SMILES string of the molecule is Cc1cc2c3c(c1)N(c1cc(C(C)(C)C)cc(C(C)(C)C)c1)c1c(nnn1-c1ccccc1)B3c1cc(C(C)(C)C)ccc1N2c1cc(C(C)(C)C)cc(C(C)(C)C)c1. The van der Waals surface area contributed by atoms with E-state index >= 15 is 0 Å². The molecule has 2 aliphatic rings. The van der Waals surface area contributed by atoms with Crippen molar-refractivity contribution < 1.29 is 0 Å². The Morgan fingerprint density at radius 3 is 1.37 bits per heavy atom. The summed E-state index contributed by atoms with van der Waals surface area (Å²) < 4.78 is 2.07. The molecule has 5 nitrogen and oxygen atoms in total. The zero-order valence-corrected chi connectivity index (χ0v) is 38.6. The maximum atomic E-state index is 5.23. The van der Waals surface area contributed by atoms with E-state index in [-0.39, 0.29) is 33.8 Å². The van der Waals surface area contributed by atoms with Crippen molar-refractivity contribution in [2.45, 2.75) is 138 Å². The minimum atomic E-state index is -0.140. The summed E-state index contributed by atoms with van der Waals surface area (Å²) in [6.45, 7) is 36.9. The van der Waals surface area contributed by atoms with Crippen LogP contribution in [0.2, 0.25) is 0 Å². The molecule has 8 rings (SSSR count). The molecule has 6 heteroatoms. The molecule has 0 atom stereocenters. The van der Waals surface area contributed by atoms with Crippen molar-refractivity contribution in [2.24, 2.45) is 0 Å². The van der Waals surface area contributed by atoms with Crippen LogP contribution in [0.5, 0.6) is 0 Å². The number of hydrogen-bond donors (Lipinski definition) is 0. The number of para-hydroxylation sites is 1. The van der Waals surface area contributed by atoms with E-state index in [1.54, 1.807) is 0 Å². The van der Waals surface area contributed by atoms with Crippen LogP contribution >= 0.6 is 0 Å². The highest BCUT2D eigenvalue weighted by molar-refractivity contribution is 6.99. The van der Waals surface area contributed by atoms with Crippen molar-refractivity contribution in [3.63, 3.8) is 0 Å². The lowest BCUT2D eigenvalue weighted by atomic mass is 9.35. The maximum Gasteiger partial charge on any atom is 0.280 e. The summed E-state index contributed by atoms with van der Waals surface area (Å²) >= 11 is 0. The molecule has 0 unspecified atom stereocenters. The van der Waals surface area contributed by atoms with Crippen LogP contribution in [-0.4, -0.2) is 21.7 Å². The molecule has 304 valence electrons. The van der Waals surface area contributed by atoms with Gasteiger partial charge in [-0.25, -0.2) is 0 Å². The average Bonchev–Trinajstić information content (AvgIpc) is 3.57. The number of fused-ring (bicyclic) bond motifs is 4. The molecule has 0 radical (unpaired) electrons. The van der Waals surface area contributed by atoms with Crippen molar-refractivity contribution in [1.29, 1.82) is 0 Å². The van der Waals surface area contributed by atoms with Gasteiger partial charge in [0.1, 0.15) is 0 Å². The first kappa shape index (κ1) is 40.7. The van der Waals surface area contributed by atoms with Crippen LogP contribution in [0.25, 0.3) is 5.69 Å². The third-order valence-electron chi connectivity index (χ3n) is 12.5. The Kier molecular flexibility index (Phi) is 9.28. The number of rotatable bonds is 3. The van der Waals surface area contributed by atoms with Crippen molar-refractivity contribution >= 4 is 57.5 Å². The fraction of sp³-hybridized carbons (Fsp3) is 0.396. The van der Waals surface area contributed by atoms with Gasteiger partial charge in [-0.05, 0) is 133 Å². The van der Waals surface area contributed by atoms with Crippen molar-refractivity contribution in [3.05, 3.63) is 130 Å². The van der Waals surface area contributed by atoms with Gasteiger partial charge in [-0.3, -0.25) is 4.90 Å². The fourth-order valence-electron chi connectivity index (χ4n) is 8.74. The van der Waals surface area contributed by atoms with E-state index in [1.165, 1.54) is 67.1 Å². The van der Waals surface area contributed by atoms with Gasteiger partial charge in [0.25, 0.3) is 6.71 Å². The molecule has 0 aliphatic carbocycles. The summed E-state index contributed by atoms with van der Waals surface area (Å²) in [6, 6.07) is 37.0. The van der Waals surface area contributed by atoms with E-state index in [1.807, 2.05) is 0 Å². The molecular weight excluding hydrogens is 717 g/mol. The number of hydrogen-bond acceptors (Lipinski definition) is 4. The standard InChI is InChI=1S/C53H64BN5/c1-33-24-44-46-45(25-33)58(41-30-37(52(11,12)13)27-38(31-41)53(14,15)16)48-47(55-56-59(48)39-20-18-17-19-21-39)54(46)42-32-34(49(2,3)4)22-23-43(42)57(44)40-28-35(50(5,6)7)26-36(29-40)51(8,9)10/h17-32H,1-16H3.